The zero-order valence-corrected chi connectivity index (χ0v) is 15.8. The summed E-state index contributed by atoms with van der Waals surface area (Å²) in [5.41, 5.74) is 1.34. The first-order valence-corrected chi connectivity index (χ1v) is 10.9. The van der Waals surface area contributed by atoms with Crippen molar-refractivity contribution >= 4 is 44.1 Å². The number of rotatable bonds is 4. The number of amidine groups is 1. The third kappa shape index (κ3) is 3.79. The molecule has 0 unspecified atom stereocenters. The number of anilines is 1. The summed E-state index contributed by atoms with van der Waals surface area (Å²) in [5, 5.41) is 0.435. The van der Waals surface area contributed by atoms with Crippen molar-refractivity contribution in [1.29, 1.82) is 0 Å². The molecule has 1 amide bonds. The van der Waals surface area contributed by atoms with Crippen LogP contribution < -0.4 is 4.90 Å². The minimum absolute atomic E-state index is 0.0318. The van der Waals surface area contributed by atoms with E-state index in [2.05, 4.69) is 4.99 Å². The standard InChI is InChI=1S/C17H20N2O4S2/c1-3-4-16(21)18-17-19(13-7-5-12(6-8-13)11(2)20)14-9-25(22,23)10-15(14)24-17/h5-8,14-15H,3-4,9-10H2,1-2H3/t14-,15+/m0/s1. The molecule has 1 aromatic rings. The number of Topliss-reactive ketones (excluding diaryl/α,β-unsaturated/α-hetero) is 1. The smallest absolute Gasteiger partial charge is 0.248 e. The van der Waals surface area contributed by atoms with Gasteiger partial charge in [-0.15, -0.1) is 0 Å². The van der Waals surface area contributed by atoms with Gasteiger partial charge in [0.2, 0.25) is 5.91 Å². The van der Waals surface area contributed by atoms with Gasteiger partial charge in [-0.3, -0.25) is 9.59 Å². The van der Waals surface area contributed by atoms with Gasteiger partial charge < -0.3 is 4.90 Å². The van der Waals surface area contributed by atoms with E-state index in [1.165, 1.54) is 18.7 Å². The fourth-order valence-electron chi connectivity index (χ4n) is 3.10. The van der Waals surface area contributed by atoms with Gasteiger partial charge in [0.05, 0.1) is 17.5 Å². The molecule has 0 radical (unpaired) electrons. The molecule has 2 atom stereocenters. The van der Waals surface area contributed by atoms with E-state index in [1.54, 1.807) is 24.3 Å². The Kier molecular flexibility index (Phi) is 5.02. The van der Waals surface area contributed by atoms with Crippen molar-refractivity contribution in [2.75, 3.05) is 16.4 Å². The molecule has 6 nitrogen and oxygen atoms in total. The average molecular weight is 380 g/mol. The molecule has 1 aromatic carbocycles. The van der Waals surface area contributed by atoms with E-state index in [1.807, 2.05) is 11.8 Å². The van der Waals surface area contributed by atoms with Crippen LogP contribution in [0.25, 0.3) is 0 Å². The van der Waals surface area contributed by atoms with Crippen LogP contribution in [0.15, 0.2) is 29.3 Å². The Hall–Kier alpha value is -1.67. The average Bonchev–Trinajstić information content (AvgIpc) is 2.98. The molecule has 2 saturated heterocycles. The highest BCUT2D eigenvalue weighted by Crippen LogP contribution is 2.41. The van der Waals surface area contributed by atoms with E-state index in [0.717, 1.165) is 12.1 Å². The minimum atomic E-state index is -3.09. The van der Waals surface area contributed by atoms with Crippen LogP contribution >= 0.6 is 11.8 Å². The molecule has 0 bridgehead atoms. The molecule has 25 heavy (non-hydrogen) atoms. The van der Waals surface area contributed by atoms with Gasteiger partial charge >= 0.3 is 0 Å². The van der Waals surface area contributed by atoms with Crippen LogP contribution in [0.5, 0.6) is 0 Å². The van der Waals surface area contributed by atoms with Crippen molar-refractivity contribution in [3.63, 3.8) is 0 Å². The summed E-state index contributed by atoms with van der Waals surface area (Å²) in [7, 11) is -3.09. The van der Waals surface area contributed by atoms with Crippen molar-refractivity contribution in [3.8, 4) is 0 Å². The first kappa shape index (κ1) is 18.1. The molecule has 0 N–H and O–H groups in total. The second-order valence-electron chi connectivity index (χ2n) is 6.31. The van der Waals surface area contributed by atoms with Gasteiger partial charge in [0, 0.05) is 22.9 Å². The van der Waals surface area contributed by atoms with E-state index in [9.17, 15) is 18.0 Å². The Morgan fingerprint density at radius 2 is 1.92 bits per heavy atom. The maximum absolute atomic E-state index is 12.0. The van der Waals surface area contributed by atoms with Gasteiger partial charge in [-0.05, 0) is 37.6 Å². The Bertz CT molecular complexity index is 831. The van der Waals surface area contributed by atoms with Crippen LogP contribution in [0.1, 0.15) is 37.0 Å². The number of fused-ring (bicyclic) bond motifs is 1. The number of hydrogen-bond donors (Lipinski definition) is 0. The van der Waals surface area contributed by atoms with E-state index in [-0.39, 0.29) is 34.5 Å². The van der Waals surface area contributed by atoms with Crippen LogP contribution in [-0.4, -0.2) is 48.1 Å². The zero-order valence-electron chi connectivity index (χ0n) is 14.1. The number of aliphatic imine (C=N–C) groups is 1. The van der Waals surface area contributed by atoms with Gasteiger partial charge in [0.25, 0.3) is 0 Å². The Morgan fingerprint density at radius 3 is 2.52 bits per heavy atom. The SMILES string of the molecule is CCCC(=O)N=C1S[C@@H]2CS(=O)(=O)C[C@@H]2N1c1ccc(C(C)=O)cc1. The lowest BCUT2D eigenvalue weighted by atomic mass is 10.1. The number of sulfone groups is 1. The lowest BCUT2D eigenvalue weighted by molar-refractivity contribution is -0.117. The van der Waals surface area contributed by atoms with Crippen molar-refractivity contribution in [1.82, 2.24) is 0 Å². The summed E-state index contributed by atoms with van der Waals surface area (Å²) in [6.45, 7) is 3.41. The highest BCUT2D eigenvalue weighted by molar-refractivity contribution is 8.16. The summed E-state index contributed by atoms with van der Waals surface area (Å²) in [6, 6.07) is 6.76. The molecule has 2 aliphatic heterocycles. The Balaban J connectivity index is 1.97. The van der Waals surface area contributed by atoms with E-state index >= 15 is 0 Å². The third-order valence-electron chi connectivity index (χ3n) is 4.30. The maximum Gasteiger partial charge on any atom is 0.248 e. The number of nitrogens with zero attached hydrogens (tertiary/aromatic N) is 2. The Morgan fingerprint density at radius 1 is 1.24 bits per heavy atom. The fourth-order valence-corrected chi connectivity index (χ4v) is 7.03. The summed E-state index contributed by atoms with van der Waals surface area (Å²) in [4.78, 5) is 29.5. The molecular formula is C17H20N2O4S2. The molecule has 0 saturated carbocycles. The summed E-state index contributed by atoms with van der Waals surface area (Å²) in [5.74, 6) is -0.0697. The largest absolute Gasteiger partial charge is 0.316 e. The fraction of sp³-hybridized carbons (Fsp3) is 0.471. The van der Waals surface area contributed by atoms with Gasteiger partial charge in [0.15, 0.2) is 20.8 Å². The first-order chi connectivity index (χ1) is 11.8. The van der Waals surface area contributed by atoms with E-state index in [0.29, 0.717) is 17.2 Å². The number of ketones is 1. The molecule has 8 heteroatoms. The van der Waals surface area contributed by atoms with Crippen LogP contribution in [0.2, 0.25) is 0 Å². The molecule has 134 valence electrons. The van der Waals surface area contributed by atoms with Crippen molar-refractivity contribution in [2.24, 2.45) is 4.99 Å². The molecule has 0 aliphatic carbocycles. The number of thioether (sulfide) groups is 1. The summed E-state index contributed by atoms with van der Waals surface area (Å²) < 4.78 is 24.0. The summed E-state index contributed by atoms with van der Waals surface area (Å²) in [6.07, 6.45) is 1.09. The molecule has 2 heterocycles. The predicted octanol–water partition coefficient (Wildman–Crippen LogP) is 2.29. The van der Waals surface area contributed by atoms with Gasteiger partial charge in [-0.1, -0.05) is 18.7 Å². The number of benzene rings is 1. The normalized spacial score (nSPS) is 26.0. The van der Waals surface area contributed by atoms with Crippen molar-refractivity contribution < 1.29 is 18.0 Å². The van der Waals surface area contributed by atoms with E-state index < -0.39 is 9.84 Å². The number of carbonyl (C=O) groups excluding carboxylic acids is 2. The van der Waals surface area contributed by atoms with Crippen molar-refractivity contribution in [2.45, 2.75) is 38.0 Å². The maximum atomic E-state index is 12.0. The van der Waals surface area contributed by atoms with Crippen LogP contribution in [-0.2, 0) is 14.6 Å². The second-order valence-corrected chi connectivity index (χ2v) is 9.67. The topological polar surface area (TPSA) is 83.9 Å². The highest BCUT2D eigenvalue weighted by atomic mass is 32.2. The zero-order chi connectivity index (χ0) is 18.2. The number of amides is 1. The second kappa shape index (κ2) is 6.92. The lowest BCUT2D eigenvalue weighted by Gasteiger charge is -2.24. The van der Waals surface area contributed by atoms with Gasteiger partial charge in [-0.25, -0.2) is 8.42 Å². The van der Waals surface area contributed by atoms with Gasteiger partial charge in [-0.2, -0.15) is 4.99 Å². The monoisotopic (exact) mass is 380 g/mol. The third-order valence-corrected chi connectivity index (χ3v) is 7.51. The lowest BCUT2D eigenvalue weighted by Crippen LogP contribution is -2.37. The molecule has 2 fully saturated rings. The van der Waals surface area contributed by atoms with Crippen LogP contribution in [0.4, 0.5) is 5.69 Å². The minimum Gasteiger partial charge on any atom is -0.316 e. The molecule has 0 spiro atoms. The summed E-state index contributed by atoms with van der Waals surface area (Å²) >= 11 is 1.36. The van der Waals surface area contributed by atoms with E-state index in [4.69, 9.17) is 0 Å². The molecule has 0 aromatic heterocycles. The van der Waals surface area contributed by atoms with Crippen LogP contribution in [0.3, 0.4) is 0 Å². The number of carbonyl (C=O) groups is 2. The number of hydrogen-bond acceptors (Lipinski definition) is 5. The highest BCUT2D eigenvalue weighted by Gasteiger charge is 2.49. The van der Waals surface area contributed by atoms with Crippen molar-refractivity contribution in [3.05, 3.63) is 29.8 Å². The molecular weight excluding hydrogens is 360 g/mol. The van der Waals surface area contributed by atoms with Gasteiger partial charge in [0.1, 0.15) is 0 Å². The Labute approximate surface area is 151 Å². The first-order valence-electron chi connectivity index (χ1n) is 8.19. The predicted molar refractivity (Wildman–Crippen MR) is 100 cm³/mol. The van der Waals surface area contributed by atoms with Crippen LogP contribution in [0, 0.1) is 0 Å². The molecule has 2 aliphatic rings. The molecule has 3 rings (SSSR count). The quantitative estimate of drug-likeness (QED) is 0.745.